The monoisotopic (exact) mass is 376 g/mol. The van der Waals surface area contributed by atoms with E-state index in [-0.39, 0.29) is 18.6 Å². The molecular weight excluding hydrogens is 352 g/mol. The predicted molar refractivity (Wildman–Crippen MR) is 104 cm³/mol. The first-order valence-corrected chi connectivity index (χ1v) is 8.91. The molecule has 0 heterocycles. The minimum atomic E-state index is -0.148. The summed E-state index contributed by atoms with van der Waals surface area (Å²) >= 11 is 6.04. The average molecular weight is 377 g/mol. The first-order chi connectivity index (χ1) is 12.6. The van der Waals surface area contributed by atoms with Crippen molar-refractivity contribution in [3.63, 3.8) is 0 Å². The van der Waals surface area contributed by atoms with Crippen LogP contribution in [0.15, 0.2) is 48.5 Å². The molecule has 0 radical (unpaired) electrons. The van der Waals surface area contributed by atoms with Crippen LogP contribution < -0.4 is 15.4 Å². The van der Waals surface area contributed by atoms with Crippen LogP contribution in [0.2, 0.25) is 5.02 Å². The number of methoxy groups -OCH3 is 1. The highest BCUT2D eigenvalue weighted by atomic mass is 35.5. The van der Waals surface area contributed by atoms with Crippen LogP contribution in [0.4, 0.5) is 0 Å². The molecule has 6 heteroatoms. The zero-order chi connectivity index (χ0) is 18.8. The highest BCUT2D eigenvalue weighted by Gasteiger charge is 2.10. The predicted octanol–water partition coefficient (Wildman–Crippen LogP) is 2.98. The fourth-order valence-corrected chi connectivity index (χ4v) is 2.68. The van der Waals surface area contributed by atoms with Crippen molar-refractivity contribution < 1.29 is 14.3 Å². The van der Waals surface area contributed by atoms with Crippen molar-refractivity contribution in [1.82, 2.24) is 10.6 Å². The fraction of sp³-hybridized carbons (Fsp3) is 0.350. The number of halogens is 1. The summed E-state index contributed by atoms with van der Waals surface area (Å²) in [7, 11) is 3.28. The molecule has 0 fully saturated rings. The number of carbonyl (C=O) groups is 1. The molecule has 2 aromatic rings. The Morgan fingerprint density at radius 2 is 1.96 bits per heavy atom. The van der Waals surface area contributed by atoms with E-state index in [1.165, 1.54) is 5.56 Å². The van der Waals surface area contributed by atoms with E-state index in [4.69, 9.17) is 21.1 Å². The van der Waals surface area contributed by atoms with Crippen molar-refractivity contribution in [3.05, 3.63) is 64.7 Å². The Hall–Kier alpha value is -2.08. The van der Waals surface area contributed by atoms with Crippen LogP contribution in [-0.4, -0.2) is 39.8 Å². The van der Waals surface area contributed by atoms with Crippen molar-refractivity contribution in [1.29, 1.82) is 0 Å². The van der Waals surface area contributed by atoms with Crippen LogP contribution >= 0.6 is 11.6 Å². The summed E-state index contributed by atoms with van der Waals surface area (Å²) < 4.78 is 10.9. The molecule has 0 aliphatic carbocycles. The number of ether oxygens (including phenoxy) is 2. The smallest absolute Gasteiger partial charge is 0.257 e. The Bertz CT molecular complexity index is 692. The normalized spacial score (nSPS) is 11.8. The van der Waals surface area contributed by atoms with Crippen molar-refractivity contribution in [2.75, 3.05) is 33.9 Å². The third-order valence-electron chi connectivity index (χ3n) is 4.00. The van der Waals surface area contributed by atoms with Gasteiger partial charge in [-0.3, -0.25) is 4.79 Å². The van der Waals surface area contributed by atoms with Gasteiger partial charge in [-0.15, -0.1) is 0 Å². The Morgan fingerprint density at radius 1 is 1.19 bits per heavy atom. The van der Waals surface area contributed by atoms with E-state index >= 15 is 0 Å². The summed E-state index contributed by atoms with van der Waals surface area (Å²) in [5.41, 5.74) is 2.26. The molecule has 0 aromatic heterocycles. The second-order valence-electron chi connectivity index (χ2n) is 5.84. The molecule has 0 aliphatic rings. The number of likely N-dealkylation sites (N-methyl/N-ethyl adjacent to an activating group) is 1. The molecule has 1 atom stereocenters. The number of nitrogens with one attached hydrogen (secondary N) is 2. The molecule has 140 valence electrons. The first-order valence-electron chi connectivity index (χ1n) is 8.53. The largest absolute Gasteiger partial charge is 0.484 e. The molecule has 0 saturated carbocycles. The van der Waals surface area contributed by atoms with Crippen molar-refractivity contribution >= 4 is 17.5 Å². The van der Waals surface area contributed by atoms with Crippen LogP contribution in [-0.2, 0) is 16.0 Å². The molecule has 2 aromatic carbocycles. The lowest BCUT2D eigenvalue weighted by Gasteiger charge is -2.17. The van der Waals surface area contributed by atoms with Crippen molar-refractivity contribution in [2.45, 2.75) is 12.5 Å². The summed E-state index contributed by atoms with van der Waals surface area (Å²) in [6.45, 7) is 1.57. The molecule has 2 N–H and O–H groups in total. The van der Waals surface area contributed by atoms with Gasteiger partial charge in [-0.1, -0.05) is 35.9 Å². The van der Waals surface area contributed by atoms with E-state index in [2.05, 4.69) is 10.6 Å². The van der Waals surface area contributed by atoms with E-state index < -0.39 is 0 Å². The molecule has 0 saturated heterocycles. The summed E-state index contributed by atoms with van der Waals surface area (Å²) in [5, 5.41) is 6.64. The highest BCUT2D eigenvalue weighted by Crippen LogP contribution is 2.19. The van der Waals surface area contributed by atoms with E-state index in [9.17, 15) is 4.79 Å². The SMILES string of the molecule is CNC(=O)COc1ccc(CCNCC(OC)c2cccc(Cl)c2)cc1. The van der Waals surface area contributed by atoms with Gasteiger partial charge in [-0.2, -0.15) is 0 Å². The van der Waals surface area contributed by atoms with Gasteiger partial charge in [0.25, 0.3) is 5.91 Å². The van der Waals surface area contributed by atoms with Gasteiger partial charge in [-0.25, -0.2) is 0 Å². The average Bonchev–Trinajstić information content (AvgIpc) is 2.67. The summed E-state index contributed by atoms with van der Waals surface area (Å²) in [6, 6.07) is 15.5. The van der Waals surface area contributed by atoms with Gasteiger partial charge in [0.2, 0.25) is 0 Å². The van der Waals surface area contributed by atoms with Gasteiger partial charge in [0.15, 0.2) is 6.61 Å². The number of benzene rings is 2. The molecule has 1 amide bonds. The molecule has 0 bridgehead atoms. The lowest BCUT2D eigenvalue weighted by Crippen LogP contribution is -2.25. The molecular formula is C20H25ClN2O3. The van der Waals surface area contributed by atoms with Gasteiger partial charge in [0, 0.05) is 25.7 Å². The van der Waals surface area contributed by atoms with Crippen LogP contribution in [0.25, 0.3) is 0 Å². The summed E-state index contributed by atoms with van der Waals surface area (Å²) in [6.07, 6.45) is 0.857. The Balaban J connectivity index is 1.74. The second kappa shape index (κ2) is 10.8. The van der Waals surface area contributed by atoms with E-state index in [0.717, 1.165) is 18.5 Å². The lowest BCUT2D eigenvalue weighted by atomic mass is 10.1. The number of hydrogen-bond acceptors (Lipinski definition) is 4. The number of rotatable bonds is 10. The lowest BCUT2D eigenvalue weighted by molar-refractivity contribution is -0.122. The van der Waals surface area contributed by atoms with E-state index in [0.29, 0.717) is 17.3 Å². The zero-order valence-corrected chi connectivity index (χ0v) is 15.9. The Morgan fingerprint density at radius 3 is 2.62 bits per heavy atom. The maximum absolute atomic E-state index is 11.2. The highest BCUT2D eigenvalue weighted by molar-refractivity contribution is 6.30. The minimum Gasteiger partial charge on any atom is -0.484 e. The quantitative estimate of drug-likeness (QED) is 0.626. The number of amides is 1. The standard InChI is InChI=1S/C20H25ClN2O3/c1-22-20(24)14-26-18-8-6-15(7-9-18)10-11-23-13-19(25-2)16-4-3-5-17(21)12-16/h3-9,12,19,23H,10-11,13-14H2,1-2H3,(H,22,24). The minimum absolute atomic E-state index is 0.0271. The van der Waals surface area contributed by atoms with Crippen LogP contribution in [0.3, 0.4) is 0 Å². The van der Waals surface area contributed by atoms with Gasteiger partial charge in [0.05, 0.1) is 6.10 Å². The Kier molecular flexibility index (Phi) is 8.41. The van der Waals surface area contributed by atoms with Gasteiger partial charge >= 0.3 is 0 Å². The van der Waals surface area contributed by atoms with Crippen molar-refractivity contribution in [3.8, 4) is 5.75 Å². The molecule has 1 unspecified atom stereocenters. The summed E-state index contributed by atoms with van der Waals surface area (Å²) in [4.78, 5) is 11.2. The summed E-state index contributed by atoms with van der Waals surface area (Å²) in [5.74, 6) is 0.538. The third-order valence-corrected chi connectivity index (χ3v) is 4.23. The van der Waals surface area contributed by atoms with Gasteiger partial charge in [-0.05, 0) is 48.4 Å². The molecule has 0 spiro atoms. The molecule has 5 nitrogen and oxygen atoms in total. The second-order valence-corrected chi connectivity index (χ2v) is 6.28. The number of hydrogen-bond donors (Lipinski definition) is 2. The van der Waals surface area contributed by atoms with Crippen LogP contribution in [0.1, 0.15) is 17.2 Å². The maximum Gasteiger partial charge on any atom is 0.257 e. The van der Waals surface area contributed by atoms with Crippen molar-refractivity contribution in [2.24, 2.45) is 0 Å². The molecule has 0 aliphatic heterocycles. The third kappa shape index (κ3) is 6.67. The van der Waals surface area contributed by atoms with Gasteiger partial charge < -0.3 is 20.1 Å². The van der Waals surface area contributed by atoms with Crippen LogP contribution in [0, 0.1) is 0 Å². The maximum atomic E-state index is 11.2. The molecule has 26 heavy (non-hydrogen) atoms. The topological polar surface area (TPSA) is 59.6 Å². The Labute approximate surface area is 159 Å². The first kappa shape index (κ1) is 20.2. The van der Waals surface area contributed by atoms with Crippen LogP contribution in [0.5, 0.6) is 5.75 Å². The van der Waals surface area contributed by atoms with Gasteiger partial charge in [0.1, 0.15) is 5.75 Å². The van der Waals surface area contributed by atoms with E-state index in [1.807, 2.05) is 48.5 Å². The van der Waals surface area contributed by atoms with E-state index in [1.54, 1.807) is 14.2 Å². The molecule has 2 rings (SSSR count). The fourth-order valence-electron chi connectivity index (χ4n) is 2.48. The number of carbonyl (C=O) groups excluding carboxylic acids is 1. The zero-order valence-electron chi connectivity index (χ0n) is 15.1.